The Morgan fingerprint density at radius 3 is 1.80 bits per heavy atom. The number of amides is 1. The highest BCUT2D eigenvalue weighted by molar-refractivity contribution is 5.85. The molecule has 0 bridgehead atoms. The zero-order valence-electron chi connectivity index (χ0n) is 23.3. The van der Waals surface area contributed by atoms with Crippen LogP contribution in [0.4, 0.5) is 0 Å². The summed E-state index contributed by atoms with van der Waals surface area (Å²) in [7, 11) is 0. The van der Waals surface area contributed by atoms with E-state index in [-0.39, 0.29) is 18.6 Å². The zero-order valence-corrected chi connectivity index (χ0v) is 23.3. The van der Waals surface area contributed by atoms with E-state index in [0.717, 1.165) is 29.9 Å². The van der Waals surface area contributed by atoms with Crippen molar-refractivity contribution < 1.29 is 14.6 Å². The number of aliphatic hydroxyl groups is 1. The Morgan fingerprint density at radius 2 is 1.27 bits per heavy atom. The lowest BCUT2D eigenvalue weighted by Gasteiger charge is -2.19. The Morgan fingerprint density at radius 1 is 0.732 bits per heavy atom. The number of fused-ring (bicyclic) bond motifs is 2. The second-order valence-corrected chi connectivity index (χ2v) is 10.1. The number of hydrogen-bond acceptors (Lipinski definition) is 5. The summed E-state index contributed by atoms with van der Waals surface area (Å²) in [5, 5.41) is 17.0. The molecule has 0 aromatic heterocycles. The average Bonchev–Trinajstić information content (AvgIpc) is 3.01. The van der Waals surface area contributed by atoms with Gasteiger partial charge in [-0.3, -0.25) is 4.79 Å². The summed E-state index contributed by atoms with van der Waals surface area (Å²) in [4.78, 5) is 11.9. The van der Waals surface area contributed by atoms with Crippen molar-refractivity contribution in [3.05, 3.63) is 121 Å². The molecule has 41 heavy (non-hydrogen) atoms. The SMILES string of the molecule is NCCCC[C@@H](N)C(=O)N[C@@H](CO)Cc1ccccc1.c1ccc2cc(Oc3ccc4ccccc4c3)ccc2c1. The van der Waals surface area contributed by atoms with Crippen LogP contribution in [-0.2, 0) is 11.2 Å². The van der Waals surface area contributed by atoms with Gasteiger partial charge in [0.05, 0.1) is 18.7 Å². The second kappa shape index (κ2) is 15.5. The molecule has 0 saturated heterocycles. The normalized spacial score (nSPS) is 12.3. The lowest BCUT2D eigenvalue weighted by Crippen LogP contribution is -2.47. The molecule has 0 saturated carbocycles. The highest BCUT2D eigenvalue weighted by atomic mass is 16.5. The number of rotatable bonds is 11. The van der Waals surface area contributed by atoms with Gasteiger partial charge >= 0.3 is 0 Å². The molecule has 0 unspecified atom stereocenters. The number of carbonyl (C=O) groups excluding carboxylic acids is 1. The van der Waals surface area contributed by atoms with Crippen molar-refractivity contribution in [1.82, 2.24) is 5.32 Å². The third-order valence-electron chi connectivity index (χ3n) is 6.88. The smallest absolute Gasteiger partial charge is 0.237 e. The summed E-state index contributed by atoms with van der Waals surface area (Å²) in [6.45, 7) is 0.512. The van der Waals surface area contributed by atoms with Crippen LogP contribution in [0.15, 0.2) is 115 Å². The Kier molecular flexibility index (Phi) is 11.3. The largest absolute Gasteiger partial charge is 0.457 e. The minimum atomic E-state index is -0.536. The van der Waals surface area contributed by atoms with E-state index in [2.05, 4.69) is 53.8 Å². The molecule has 6 N–H and O–H groups in total. The summed E-state index contributed by atoms with van der Waals surface area (Å²) in [5.74, 6) is 1.52. The van der Waals surface area contributed by atoms with E-state index in [1.807, 2.05) is 66.7 Å². The van der Waals surface area contributed by atoms with Gasteiger partial charge in [-0.2, -0.15) is 0 Å². The van der Waals surface area contributed by atoms with Crippen molar-refractivity contribution in [2.45, 2.75) is 37.8 Å². The van der Waals surface area contributed by atoms with Gasteiger partial charge in [0.1, 0.15) is 11.5 Å². The van der Waals surface area contributed by atoms with E-state index in [4.69, 9.17) is 16.2 Å². The van der Waals surface area contributed by atoms with Crippen molar-refractivity contribution >= 4 is 27.5 Å². The van der Waals surface area contributed by atoms with Crippen LogP contribution in [0.3, 0.4) is 0 Å². The first-order valence-corrected chi connectivity index (χ1v) is 14.1. The van der Waals surface area contributed by atoms with Crippen LogP contribution >= 0.6 is 0 Å². The predicted molar refractivity (Wildman–Crippen MR) is 168 cm³/mol. The van der Waals surface area contributed by atoms with Crippen molar-refractivity contribution in [2.24, 2.45) is 11.5 Å². The van der Waals surface area contributed by atoms with Crippen molar-refractivity contribution in [2.75, 3.05) is 13.2 Å². The molecule has 1 amide bonds. The standard InChI is InChI=1S/C20H14O.C15H25N3O2/c1-3-7-17-13-19(11-9-15(17)5-1)21-20-12-10-16-6-2-4-8-18(16)14-20;16-9-5-4-8-14(17)15(20)18-13(11-19)10-12-6-2-1-3-7-12/h1-14H;1-3,6-7,13-14,19H,4-5,8-11,16-17H2,(H,18,20)/t;13-,14-/m.1/s1. The van der Waals surface area contributed by atoms with Crippen LogP contribution < -0.4 is 21.5 Å². The van der Waals surface area contributed by atoms with Gasteiger partial charge in [-0.1, -0.05) is 97.4 Å². The first-order chi connectivity index (χ1) is 20.1. The van der Waals surface area contributed by atoms with Gasteiger partial charge < -0.3 is 26.6 Å². The van der Waals surface area contributed by atoms with Gasteiger partial charge in [0.25, 0.3) is 0 Å². The third-order valence-corrected chi connectivity index (χ3v) is 6.88. The molecule has 212 valence electrons. The number of unbranched alkanes of at least 4 members (excludes halogenated alkanes) is 1. The van der Waals surface area contributed by atoms with Crippen LogP contribution in [0.2, 0.25) is 0 Å². The lowest BCUT2D eigenvalue weighted by molar-refractivity contribution is -0.123. The fourth-order valence-electron chi connectivity index (χ4n) is 4.61. The fourth-order valence-corrected chi connectivity index (χ4v) is 4.61. The predicted octanol–water partition coefficient (Wildman–Crippen LogP) is 5.95. The minimum absolute atomic E-state index is 0.101. The van der Waals surface area contributed by atoms with Crippen molar-refractivity contribution in [3.8, 4) is 11.5 Å². The van der Waals surface area contributed by atoms with E-state index in [1.165, 1.54) is 21.5 Å². The minimum Gasteiger partial charge on any atom is -0.457 e. The topological polar surface area (TPSA) is 111 Å². The van der Waals surface area contributed by atoms with Crippen LogP contribution in [-0.4, -0.2) is 36.2 Å². The first-order valence-electron chi connectivity index (χ1n) is 14.1. The molecule has 5 aromatic rings. The van der Waals surface area contributed by atoms with Gasteiger partial charge in [-0.25, -0.2) is 0 Å². The van der Waals surface area contributed by atoms with Crippen LogP contribution in [0, 0.1) is 0 Å². The molecule has 2 atom stereocenters. The summed E-state index contributed by atoms with van der Waals surface area (Å²) in [5.41, 5.74) is 12.3. The van der Waals surface area contributed by atoms with Gasteiger partial charge in [0, 0.05) is 0 Å². The van der Waals surface area contributed by atoms with Gasteiger partial charge in [0.15, 0.2) is 0 Å². The van der Waals surface area contributed by atoms with E-state index in [9.17, 15) is 9.90 Å². The Balaban J connectivity index is 0.000000189. The van der Waals surface area contributed by atoms with Gasteiger partial charge in [-0.15, -0.1) is 0 Å². The number of nitrogens with two attached hydrogens (primary N) is 2. The molecule has 5 rings (SSSR count). The summed E-state index contributed by atoms with van der Waals surface area (Å²) < 4.78 is 5.99. The highest BCUT2D eigenvalue weighted by Crippen LogP contribution is 2.28. The highest BCUT2D eigenvalue weighted by Gasteiger charge is 2.17. The third kappa shape index (κ3) is 9.15. The Bertz CT molecular complexity index is 1450. The average molecular weight is 550 g/mol. The molecule has 5 aromatic carbocycles. The Hall–Kier alpha value is -4.23. The van der Waals surface area contributed by atoms with E-state index in [1.54, 1.807) is 0 Å². The molecule has 0 aliphatic rings. The van der Waals surface area contributed by atoms with E-state index in [0.29, 0.717) is 19.4 Å². The molecule has 0 spiro atoms. The molecule has 0 fully saturated rings. The lowest BCUT2D eigenvalue weighted by atomic mass is 10.1. The number of hydrogen-bond donors (Lipinski definition) is 4. The monoisotopic (exact) mass is 549 g/mol. The zero-order chi connectivity index (χ0) is 28.9. The maximum atomic E-state index is 11.9. The molecule has 0 radical (unpaired) electrons. The Labute approximate surface area is 241 Å². The number of benzene rings is 5. The molecular formula is C35H39N3O3. The summed E-state index contributed by atoms with van der Waals surface area (Å²) in [6.07, 6.45) is 2.92. The van der Waals surface area contributed by atoms with Gasteiger partial charge in [-0.05, 0) is 77.2 Å². The van der Waals surface area contributed by atoms with Crippen molar-refractivity contribution in [3.63, 3.8) is 0 Å². The van der Waals surface area contributed by atoms with Crippen molar-refractivity contribution in [1.29, 1.82) is 0 Å². The summed E-state index contributed by atoms with van der Waals surface area (Å²) in [6, 6.07) is 37.8. The molecule has 6 heteroatoms. The van der Waals surface area contributed by atoms with E-state index < -0.39 is 6.04 Å². The molecule has 0 aliphatic heterocycles. The maximum Gasteiger partial charge on any atom is 0.237 e. The van der Waals surface area contributed by atoms with Gasteiger partial charge in [0.2, 0.25) is 5.91 Å². The number of ether oxygens (including phenoxy) is 1. The second-order valence-electron chi connectivity index (χ2n) is 10.1. The van der Waals surface area contributed by atoms with Crippen LogP contribution in [0.25, 0.3) is 21.5 Å². The number of aliphatic hydroxyl groups excluding tert-OH is 1. The number of carbonyl (C=O) groups is 1. The molecule has 0 heterocycles. The van der Waals surface area contributed by atoms with E-state index >= 15 is 0 Å². The first kappa shape index (κ1) is 29.7. The summed E-state index contributed by atoms with van der Waals surface area (Å²) >= 11 is 0. The number of nitrogens with one attached hydrogen (secondary N) is 1. The molecule has 6 nitrogen and oxygen atoms in total. The quantitative estimate of drug-likeness (QED) is 0.152. The molecule has 0 aliphatic carbocycles. The fraction of sp³-hybridized carbons (Fsp3) is 0.229. The van der Waals surface area contributed by atoms with Crippen LogP contribution in [0.1, 0.15) is 24.8 Å². The maximum absolute atomic E-state index is 11.9. The molecular weight excluding hydrogens is 510 g/mol. The van der Waals surface area contributed by atoms with Crippen LogP contribution in [0.5, 0.6) is 11.5 Å².